The summed E-state index contributed by atoms with van der Waals surface area (Å²) >= 11 is 3.19. The molecular formula is C14H22BrFIN3. The van der Waals surface area contributed by atoms with Crippen LogP contribution < -0.4 is 10.6 Å². The van der Waals surface area contributed by atoms with Gasteiger partial charge in [-0.1, -0.05) is 6.07 Å². The third-order valence-corrected chi connectivity index (χ3v) is 3.01. The molecule has 0 saturated carbocycles. The van der Waals surface area contributed by atoms with Crippen LogP contribution in [0.5, 0.6) is 0 Å². The average Bonchev–Trinajstić information content (AvgIpc) is 2.31. The summed E-state index contributed by atoms with van der Waals surface area (Å²) < 4.78 is 13.6. The van der Waals surface area contributed by atoms with Crippen LogP contribution >= 0.6 is 39.9 Å². The number of guanidine groups is 1. The molecule has 2 N–H and O–H groups in total. The molecule has 114 valence electrons. The van der Waals surface area contributed by atoms with Gasteiger partial charge in [0, 0.05) is 19.1 Å². The van der Waals surface area contributed by atoms with Crippen LogP contribution in [-0.2, 0) is 6.42 Å². The maximum atomic E-state index is 13.1. The van der Waals surface area contributed by atoms with Crippen LogP contribution in [0, 0.1) is 5.82 Å². The Bertz CT molecular complexity index is 458. The van der Waals surface area contributed by atoms with Gasteiger partial charge in [0.25, 0.3) is 0 Å². The summed E-state index contributed by atoms with van der Waals surface area (Å²) in [7, 11) is 1.75. The van der Waals surface area contributed by atoms with Gasteiger partial charge in [-0.3, -0.25) is 4.99 Å². The molecule has 0 atom stereocenters. The second kappa shape index (κ2) is 8.81. The van der Waals surface area contributed by atoms with Crippen molar-refractivity contribution in [1.29, 1.82) is 0 Å². The van der Waals surface area contributed by atoms with Crippen molar-refractivity contribution >= 4 is 45.9 Å². The highest BCUT2D eigenvalue weighted by molar-refractivity contribution is 14.0. The molecule has 1 rings (SSSR count). The summed E-state index contributed by atoms with van der Waals surface area (Å²) in [5, 5.41) is 6.52. The SMILES string of the molecule is CN=C(NCCc1ccc(F)c(Br)c1)NC(C)(C)C.I. The first-order valence-corrected chi connectivity index (χ1v) is 7.04. The summed E-state index contributed by atoms with van der Waals surface area (Å²) in [4.78, 5) is 4.16. The lowest BCUT2D eigenvalue weighted by atomic mass is 10.1. The van der Waals surface area contributed by atoms with E-state index in [0.717, 1.165) is 24.5 Å². The molecule has 1 aromatic rings. The van der Waals surface area contributed by atoms with Crippen molar-refractivity contribution in [2.24, 2.45) is 4.99 Å². The summed E-state index contributed by atoms with van der Waals surface area (Å²) in [5.74, 6) is 0.538. The minimum absolute atomic E-state index is 0. The first-order valence-electron chi connectivity index (χ1n) is 6.24. The van der Waals surface area contributed by atoms with Gasteiger partial charge in [-0.15, -0.1) is 24.0 Å². The van der Waals surface area contributed by atoms with E-state index in [1.165, 1.54) is 6.07 Å². The van der Waals surface area contributed by atoms with E-state index in [0.29, 0.717) is 4.47 Å². The molecule has 0 fully saturated rings. The molecule has 0 radical (unpaired) electrons. The molecule has 3 nitrogen and oxygen atoms in total. The van der Waals surface area contributed by atoms with E-state index >= 15 is 0 Å². The third kappa shape index (κ3) is 7.42. The quantitative estimate of drug-likeness (QED) is 0.412. The van der Waals surface area contributed by atoms with Gasteiger partial charge in [0.05, 0.1) is 4.47 Å². The largest absolute Gasteiger partial charge is 0.356 e. The minimum atomic E-state index is -0.234. The average molecular weight is 458 g/mol. The maximum absolute atomic E-state index is 13.1. The second-order valence-electron chi connectivity index (χ2n) is 5.37. The Morgan fingerprint density at radius 3 is 2.50 bits per heavy atom. The second-order valence-corrected chi connectivity index (χ2v) is 6.23. The van der Waals surface area contributed by atoms with Gasteiger partial charge in [0.15, 0.2) is 5.96 Å². The molecule has 1 aromatic carbocycles. The Hall–Kier alpha value is -0.370. The first-order chi connectivity index (χ1) is 8.81. The van der Waals surface area contributed by atoms with Crippen molar-refractivity contribution in [3.05, 3.63) is 34.1 Å². The lowest BCUT2D eigenvalue weighted by Gasteiger charge is -2.23. The van der Waals surface area contributed by atoms with Crippen LogP contribution in [-0.4, -0.2) is 25.1 Å². The van der Waals surface area contributed by atoms with Crippen molar-refractivity contribution in [2.45, 2.75) is 32.7 Å². The number of aliphatic imine (C=N–C) groups is 1. The molecule has 0 amide bonds. The molecular weight excluding hydrogens is 436 g/mol. The fourth-order valence-electron chi connectivity index (χ4n) is 1.55. The van der Waals surface area contributed by atoms with E-state index in [1.807, 2.05) is 0 Å². The van der Waals surface area contributed by atoms with Crippen molar-refractivity contribution in [2.75, 3.05) is 13.6 Å². The molecule has 0 unspecified atom stereocenters. The number of hydrogen-bond acceptors (Lipinski definition) is 1. The van der Waals surface area contributed by atoms with Gasteiger partial charge >= 0.3 is 0 Å². The van der Waals surface area contributed by atoms with E-state index in [-0.39, 0.29) is 35.3 Å². The Morgan fingerprint density at radius 2 is 2.00 bits per heavy atom. The highest BCUT2D eigenvalue weighted by Crippen LogP contribution is 2.16. The molecule has 0 saturated heterocycles. The predicted molar refractivity (Wildman–Crippen MR) is 97.5 cm³/mol. The van der Waals surface area contributed by atoms with Gasteiger partial charge < -0.3 is 10.6 Å². The standard InChI is InChI=1S/C14H21BrFN3.HI/c1-14(2,3)19-13(17-4)18-8-7-10-5-6-12(16)11(15)9-10;/h5-6,9H,7-8H2,1-4H3,(H2,17,18,19);1H. The molecule has 0 aromatic heterocycles. The molecule has 0 aliphatic rings. The minimum Gasteiger partial charge on any atom is -0.356 e. The zero-order valence-corrected chi connectivity index (χ0v) is 16.2. The van der Waals surface area contributed by atoms with E-state index in [1.54, 1.807) is 19.2 Å². The van der Waals surface area contributed by atoms with Gasteiger partial charge in [0.1, 0.15) is 5.82 Å². The maximum Gasteiger partial charge on any atom is 0.191 e. The molecule has 0 aliphatic heterocycles. The van der Waals surface area contributed by atoms with Crippen molar-refractivity contribution in [1.82, 2.24) is 10.6 Å². The zero-order chi connectivity index (χ0) is 14.5. The molecule has 0 aliphatic carbocycles. The Balaban J connectivity index is 0.00000361. The van der Waals surface area contributed by atoms with Gasteiger partial charge in [-0.05, 0) is 60.8 Å². The van der Waals surface area contributed by atoms with Crippen molar-refractivity contribution in [3.8, 4) is 0 Å². The number of hydrogen-bond donors (Lipinski definition) is 2. The van der Waals surface area contributed by atoms with Gasteiger partial charge in [-0.2, -0.15) is 0 Å². The van der Waals surface area contributed by atoms with E-state index in [2.05, 4.69) is 52.3 Å². The molecule has 20 heavy (non-hydrogen) atoms. The highest BCUT2D eigenvalue weighted by atomic mass is 127. The third-order valence-electron chi connectivity index (χ3n) is 2.41. The van der Waals surface area contributed by atoms with Crippen LogP contribution in [0.1, 0.15) is 26.3 Å². The lowest BCUT2D eigenvalue weighted by Crippen LogP contribution is -2.48. The Labute approximate surface area is 146 Å². The number of nitrogens with zero attached hydrogens (tertiary/aromatic N) is 1. The van der Waals surface area contributed by atoms with Crippen LogP contribution in [0.3, 0.4) is 0 Å². The summed E-state index contributed by atoms with van der Waals surface area (Å²) in [5.41, 5.74) is 1.05. The van der Waals surface area contributed by atoms with Crippen LogP contribution in [0.15, 0.2) is 27.7 Å². The van der Waals surface area contributed by atoms with E-state index in [9.17, 15) is 4.39 Å². The molecule has 6 heteroatoms. The highest BCUT2D eigenvalue weighted by Gasteiger charge is 2.11. The zero-order valence-electron chi connectivity index (χ0n) is 12.3. The van der Waals surface area contributed by atoms with Gasteiger partial charge in [-0.25, -0.2) is 4.39 Å². The van der Waals surface area contributed by atoms with Crippen LogP contribution in [0.4, 0.5) is 4.39 Å². The number of nitrogens with one attached hydrogen (secondary N) is 2. The Kier molecular flexibility index (Phi) is 8.65. The van der Waals surface area contributed by atoms with Crippen LogP contribution in [0.2, 0.25) is 0 Å². The fraction of sp³-hybridized carbons (Fsp3) is 0.500. The number of halogens is 3. The molecule has 0 spiro atoms. The molecule has 0 bridgehead atoms. The van der Waals surface area contributed by atoms with E-state index in [4.69, 9.17) is 0 Å². The first kappa shape index (κ1) is 19.6. The smallest absolute Gasteiger partial charge is 0.191 e. The van der Waals surface area contributed by atoms with Crippen molar-refractivity contribution < 1.29 is 4.39 Å². The van der Waals surface area contributed by atoms with E-state index < -0.39 is 0 Å². The number of benzene rings is 1. The predicted octanol–water partition coefficient (Wildman–Crippen LogP) is 3.71. The van der Waals surface area contributed by atoms with Crippen LogP contribution in [0.25, 0.3) is 0 Å². The summed E-state index contributed by atoms with van der Waals surface area (Å²) in [6, 6.07) is 5.07. The summed E-state index contributed by atoms with van der Waals surface area (Å²) in [6.07, 6.45) is 0.809. The Morgan fingerprint density at radius 1 is 1.35 bits per heavy atom. The van der Waals surface area contributed by atoms with Gasteiger partial charge in [0.2, 0.25) is 0 Å². The fourth-order valence-corrected chi connectivity index (χ4v) is 1.98. The monoisotopic (exact) mass is 457 g/mol. The molecule has 0 heterocycles. The van der Waals surface area contributed by atoms with Crippen molar-refractivity contribution in [3.63, 3.8) is 0 Å². The number of rotatable bonds is 3. The normalized spacial score (nSPS) is 11.8. The summed E-state index contributed by atoms with van der Waals surface area (Å²) in [6.45, 7) is 6.98. The topological polar surface area (TPSA) is 36.4 Å². The lowest BCUT2D eigenvalue weighted by molar-refractivity contribution is 0.501.